The molecular formula is C27H29N3O4. The van der Waals surface area contributed by atoms with Crippen molar-refractivity contribution in [2.24, 2.45) is 5.92 Å². The van der Waals surface area contributed by atoms with Gasteiger partial charge in [0, 0.05) is 24.0 Å². The van der Waals surface area contributed by atoms with Crippen molar-refractivity contribution in [1.82, 2.24) is 10.3 Å². The van der Waals surface area contributed by atoms with E-state index in [0.29, 0.717) is 42.0 Å². The third-order valence-corrected chi connectivity index (χ3v) is 7.57. The Kier molecular flexibility index (Phi) is 5.68. The van der Waals surface area contributed by atoms with Gasteiger partial charge in [0.15, 0.2) is 11.2 Å². The smallest absolute Gasteiger partial charge is 0.173 e. The molecule has 176 valence electrons. The first-order valence-electron chi connectivity index (χ1n) is 11.7. The normalized spacial score (nSPS) is 31.6. The number of aromatic nitrogens is 1. The fourth-order valence-electron chi connectivity index (χ4n) is 6.16. The lowest BCUT2D eigenvalue weighted by Gasteiger charge is -2.43. The molecule has 0 radical (unpaired) electrons. The van der Waals surface area contributed by atoms with E-state index < -0.39 is 17.3 Å². The van der Waals surface area contributed by atoms with Crippen molar-refractivity contribution in [2.75, 3.05) is 20.2 Å². The summed E-state index contributed by atoms with van der Waals surface area (Å²) in [6.07, 6.45) is 6.74. The van der Waals surface area contributed by atoms with Crippen LogP contribution in [0.25, 0.3) is 0 Å². The van der Waals surface area contributed by atoms with E-state index in [0.717, 1.165) is 17.7 Å². The molecule has 1 aliphatic heterocycles. The predicted molar refractivity (Wildman–Crippen MR) is 126 cm³/mol. The third kappa shape index (κ3) is 2.96. The van der Waals surface area contributed by atoms with Crippen LogP contribution in [0.4, 0.5) is 0 Å². The standard InChI is InChI=1S/C27H29N3O4/c1-3-29-14-20-23(18-7-5-4-6-8-18)27(19-11-9-17(13-28)10-12-19)26(32,25(20)31)24-21(33-2)15-30-16-22(24)34-27/h4-9,11,15-16,20,23,25,29,31-32H,3,10,12,14H2,1-2H3/t20?,23?,25-,26+,27+/m1/s1. The molecule has 0 saturated heterocycles. The number of nitriles is 1. The largest absolute Gasteiger partial charge is 0.495 e. The van der Waals surface area contributed by atoms with Gasteiger partial charge in [-0.25, -0.2) is 0 Å². The maximum absolute atomic E-state index is 12.7. The van der Waals surface area contributed by atoms with Crippen LogP contribution in [-0.2, 0) is 5.60 Å². The average Bonchev–Trinajstić information content (AvgIpc) is 3.26. The zero-order valence-electron chi connectivity index (χ0n) is 19.4. The SMILES string of the molecule is CCNCC1C(c2ccccc2)[C@]2(C3=CC=C(C#N)CC3)Oc3cncc(OC)c3[C@]2(O)[C@@H]1O. The van der Waals surface area contributed by atoms with Gasteiger partial charge in [-0.2, -0.15) is 5.26 Å². The molecule has 2 aromatic rings. The number of pyridine rings is 1. The van der Waals surface area contributed by atoms with Gasteiger partial charge in [-0.15, -0.1) is 0 Å². The average molecular weight is 460 g/mol. The predicted octanol–water partition coefficient (Wildman–Crippen LogP) is 2.96. The monoisotopic (exact) mass is 459 g/mol. The summed E-state index contributed by atoms with van der Waals surface area (Å²) in [4.78, 5) is 4.25. The minimum atomic E-state index is -1.78. The molecule has 3 N–H and O–H groups in total. The fourth-order valence-corrected chi connectivity index (χ4v) is 6.16. The quantitative estimate of drug-likeness (QED) is 0.610. The number of aliphatic hydroxyl groups is 2. The van der Waals surface area contributed by atoms with Crippen LogP contribution in [0, 0.1) is 17.2 Å². The number of nitrogens with zero attached hydrogens (tertiary/aromatic N) is 2. The van der Waals surface area contributed by atoms with E-state index in [2.05, 4.69) is 16.4 Å². The Labute approximate surface area is 199 Å². The third-order valence-electron chi connectivity index (χ3n) is 7.57. The molecule has 5 rings (SSSR count). The molecule has 0 bridgehead atoms. The Hall–Kier alpha value is -3.18. The minimum absolute atomic E-state index is 0.347. The molecule has 7 nitrogen and oxygen atoms in total. The summed E-state index contributed by atoms with van der Waals surface area (Å²) in [7, 11) is 1.52. The molecule has 1 aromatic heterocycles. The van der Waals surface area contributed by atoms with Gasteiger partial charge in [0.1, 0.15) is 11.5 Å². The minimum Gasteiger partial charge on any atom is -0.495 e. The van der Waals surface area contributed by atoms with Crippen LogP contribution < -0.4 is 14.8 Å². The number of allylic oxidation sites excluding steroid dienone is 3. The molecule has 1 aromatic carbocycles. The van der Waals surface area contributed by atoms with Gasteiger partial charge >= 0.3 is 0 Å². The Bertz CT molecular complexity index is 1190. The molecular weight excluding hydrogens is 430 g/mol. The first kappa shape index (κ1) is 22.6. The summed E-state index contributed by atoms with van der Waals surface area (Å²) in [6.45, 7) is 3.25. The summed E-state index contributed by atoms with van der Waals surface area (Å²) < 4.78 is 12.4. The number of methoxy groups -OCH3 is 1. The number of hydrogen-bond acceptors (Lipinski definition) is 7. The highest BCUT2D eigenvalue weighted by atomic mass is 16.5. The second-order valence-electron chi connectivity index (χ2n) is 9.12. The summed E-state index contributed by atoms with van der Waals surface area (Å²) in [6, 6.07) is 12.1. The highest BCUT2D eigenvalue weighted by Crippen LogP contribution is 2.68. The second kappa shape index (κ2) is 8.55. The Balaban J connectivity index is 1.81. The number of hydrogen-bond donors (Lipinski definition) is 3. The molecule has 5 atom stereocenters. The van der Waals surface area contributed by atoms with Gasteiger partial charge in [-0.3, -0.25) is 4.98 Å². The van der Waals surface area contributed by atoms with Crippen LogP contribution in [0.5, 0.6) is 11.5 Å². The van der Waals surface area contributed by atoms with E-state index >= 15 is 0 Å². The van der Waals surface area contributed by atoms with E-state index in [1.165, 1.54) is 7.11 Å². The van der Waals surface area contributed by atoms with Gasteiger partial charge in [0.25, 0.3) is 0 Å². The van der Waals surface area contributed by atoms with Gasteiger partial charge in [0.05, 0.1) is 37.2 Å². The van der Waals surface area contributed by atoms with E-state index in [1.807, 2.05) is 43.3 Å². The van der Waals surface area contributed by atoms with E-state index in [9.17, 15) is 15.5 Å². The summed E-state index contributed by atoms with van der Waals surface area (Å²) >= 11 is 0. The van der Waals surface area contributed by atoms with Crippen LogP contribution in [0.15, 0.2) is 66.0 Å². The Morgan fingerprint density at radius 3 is 2.68 bits per heavy atom. The molecule has 2 unspecified atom stereocenters. The maximum Gasteiger partial charge on any atom is 0.173 e. The van der Waals surface area contributed by atoms with Crippen molar-refractivity contribution >= 4 is 0 Å². The summed E-state index contributed by atoms with van der Waals surface area (Å²) in [5, 5.41) is 37.3. The summed E-state index contributed by atoms with van der Waals surface area (Å²) in [5.74, 6) is 0.0648. The molecule has 2 aliphatic carbocycles. The number of aliphatic hydroxyl groups excluding tert-OH is 1. The molecule has 0 spiro atoms. The van der Waals surface area contributed by atoms with Crippen molar-refractivity contribution in [3.05, 3.63) is 77.2 Å². The number of nitrogens with one attached hydrogen (secondary N) is 1. The van der Waals surface area contributed by atoms with E-state index in [1.54, 1.807) is 18.5 Å². The molecule has 0 amide bonds. The van der Waals surface area contributed by atoms with Crippen molar-refractivity contribution in [3.8, 4) is 17.6 Å². The van der Waals surface area contributed by atoms with Gasteiger partial charge in [-0.05, 0) is 36.6 Å². The van der Waals surface area contributed by atoms with Crippen LogP contribution in [-0.4, -0.2) is 47.1 Å². The molecule has 1 fully saturated rings. The van der Waals surface area contributed by atoms with Crippen molar-refractivity contribution in [1.29, 1.82) is 5.26 Å². The zero-order valence-corrected chi connectivity index (χ0v) is 19.4. The lowest BCUT2D eigenvalue weighted by molar-refractivity contribution is -0.133. The number of fused-ring (bicyclic) bond motifs is 3. The molecule has 7 heteroatoms. The van der Waals surface area contributed by atoms with Crippen LogP contribution >= 0.6 is 0 Å². The van der Waals surface area contributed by atoms with Crippen LogP contribution in [0.2, 0.25) is 0 Å². The van der Waals surface area contributed by atoms with Crippen LogP contribution in [0.3, 0.4) is 0 Å². The summed E-state index contributed by atoms with van der Waals surface area (Å²) in [5.41, 5.74) is -0.147. The Morgan fingerprint density at radius 2 is 2.03 bits per heavy atom. The second-order valence-corrected chi connectivity index (χ2v) is 9.12. The van der Waals surface area contributed by atoms with Crippen molar-refractivity contribution in [2.45, 2.75) is 43.0 Å². The lowest BCUT2D eigenvalue weighted by Crippen LogP contribution is -2.56. The number of rotatable bonds is 6. The highest BCUT2D eigenvalue weighted by Gasteiger charge is 2.77. The number of benzene rings is 1. The van der Waals surface area contributed by atoms with Gasteiger partial charge in [-0.1, -0.05) is 43.3 Å². The van der Waals surface area contributed by atoms with Gasteiger partial charge in [0.2, 0.25) is 0 Å². The fraction of sp³-hybridized carbons (Fsp3) is 0.407. The topological polar surface area (TPSA) is 108 Å². The van der Waals surface area contributed by atoms with Crippen molar-refractivity contribution in [3.63, 3.8) is 0 Å². The van der Waals surface area contributed by atoms with Crippen LogP contribution in [0.1, 0.15) is 36.8 Å². The molecule has 34 heavy (non-hydrogen) atoms. The molecule has 3 aliphatic rings. The van der Waals surface area contributed by atoms with Gasteiger partial charge < -0.3 is 25.0 Å². The Morgan fingerprint density at radius 1 is 1.24 bits per heavy atom. The maximum atomic E-state index is 12.7. The zero-order chi connectivity index (χ0) is 23.9. The lowest BCUT2D eigenvalue weighted by atomic mass is 9.68. The van der Waals surface area contributed by atoms with Crippen molar-refractivity contribution < 1.29 is 19.7 Å². The molecule has 2 heterocycles. The molecule has 1 saturated carbocycles. The number of ether oxygens (including phenoxy) is 2. The van der Waals surface area contributed by atoms with E-state index in [4.69, 9.17) is 9.47 Å². The van der Waals surface area contributed by atoms with E-state index in [-0.39, 0.29) is 11.8 Å². The highest BCUT2D eigenvalue weighted by molar-refractivity contribution is 5.61. The first-order chi connectivity index (χ1) is 16.5. The first-order valence-corrected chi connectivity index (χ1v) is 11.7.